The van der Waals surface area contributed by atoms with Crippen LogP contribution < -0.4 is 10.1 Å². The van der Waals surface area contributed by atoms with Crippen LogP contribution in [-0.2, 0) is 13.0 Å². The van der Waals surface area contributed by atoms with Gasteiger partial charge in [-0.05, 0) is 49.1 Å². The number of methoxy groups -OCH3 is 1. The zero-order valence-electron chi connectivity index (χ0n) is 19.4. The minimum absolute atomic E-state index is 0.0494. The van der Waals surface area contributed by atoms with E-state index in [9.17, 15) is 18.4 Å². The van der Waals surface area contributed by atoms with E-state index in [-0.39, 0.29) is 29.8 Å². The first-order chi connectivity index (χ1) is 16.9. The summed E-state index contributed by atoms with van der Waals surface area (Å²) in [7, 11) is 1.60. The molecular formula is C26H27F2N3O4. The fourth-order valence-electron chi connectivity index (χ4n) is 4.29. The van der Waals surface area contributed by atoms with Gasteiger partial charge in [-0.25, -0.2) is 8.78 Å². The van der Waals surface area contributed by atoms with Crippen molar-refractivity contribution in [2.75, 3.05) is 13.7 Å². The Kier molecular flexibility index (Phi) is 7.74. The SMILES string of the molecule is COc1ccc(CCNC(=O)c2cc(CN(C(=O)c3cc(F)cc(F)c3)C3CCCC3)on2)cc1. The number of aromatic nitrogens is 1. The average molecular weight is 484 g/mol. The van der Waals surface area contributed by atoms with E-state index in [2.05, 4.69) is 10.5 Å². The van der Waals surface area contributed by atoms with Crippen molar-refractivity contribution in [2.24, 2.45) is 0 Å². The normalized spacial score (nSPS) is 13.6. The maximum Gasteiger partial charge on any atom is 0.273 e. The highest BCUT2D eigenvalue weighted by molar-refractivity contribution is 5.94. The molecule has 0 atom stereocenters. The van der Waals surface area contributed by atoms with E-state index in [1.54, 1.807) is 12.0 Å². The molecule has 2 amide bonds. The molecule has 1 N–H and O–H groups in total. The maximum atomic E-state index is 13.7. The molecule has 1 aliphatic carbocycles. The van der Waals surface area contributed by atoms with Crippen molar-refractivity contribution in [1.29, 1.82) is 0 Å². The van der Waals surface area contributed by atoms with Gasteiger partial charge >= 0.3 is 0 Å². The Bertz CT molecular complexity index is 1150. The Balaban J connectivity index is 1.39. The summed E-state index contributed by atoms with van der Waals surface area (Å²) in [5.74, 6) is -1.42. The molecule has 1 aromatic heterocycles. The van der Waals surface area contributed by atoms with E-state index in [1.807, 2.05) is 24.3 Å². The van der Waals surface area contributed by atoms with Crippen LogP contribution in [0.2, 0.25) is 0 Å². The van der Waals surface area contributed by atoms with E-state index in [4.69, 9.17) is 9.26 Å². The summed E-state index contributed by atoms with van der Waals surface area (Å²) in [5, 5.41) is 6.65. The molecule has 1 saturated carbocycles. The summed E-state index contributed by atoms with van der Waals surface area (Å²) in [6, 6.07) is 11.8. The molecule has 0 aliphatic heterocycles. The van der Waals surface area contributed by atoms with Crippen LogP contribution in [-0.4, -0.2) is 41.6 Å². The largest absolute Gasteiger partial charge is 0.497 e. The van der Waals surface area contributed by atoms with Crippen LogP contribution in [0.1, 0.15) is 57.9 Å². The lowest BCUT2D eigenvalue weighted by Crippen LogP contribution is -2.38. The quantitative estimate of drug-likeness (QED) is 0.484. The van der Waals surface area contributed by atoms with Crippen molar-refractivity contribution >= 4 is 11.8 Å². The van der Waals surface area contributed by atoms with Crippen LogP contribution in [0.25, 0.3) is 0 Å². The topological polar surface area (TPSA) is 84.7 Å². The van der Waals surface area contributed by atoms with Gasteiger partial charge in [0.2, 0.25) is 0 Å². The molecule has 9 heteroatoms. The number of nitrogens with zero attached hydrogens (tertiary/aromatic N) is 2. The van der Waals surface area contributed by atoms with Gasteiger partial charge in [0.15, 0.2) is 11.5 Å². The molecule has 7 nitrogen and oxygen atoms in total. The number of ether oxygens (including phenoxy) is 1. The lowest BCUT2D eigenvalue weighted by atomic mass is 10.1. The molecular weight excluding hydrogens is 456 g/mol. The standard InChI is InChI=1S/C26H27F2N3O4/c1-34-22-8-6-17(7-9-22)10-11-29-25(32)24-15-23(35-30-24)16-31(21-4-2-3-5-21)26(33)18-12-19(27)14-20(28)13-18/h6-9,12-15,21H,2-5,10-11,16H2,1H3,(H,29,32). The summed E-state index contributed by atoms with van der Waals surface area (Å²) in [6.45, 7) is 0.457. The molecule has 35 heavy (non-hydrogen) atoms. The number of hydrogen-bond acceptors (Lipinski definition) is 5. The lowest BCUT2D eigenvalue weighted by Gasteiger charge is -2.28. The zero-order chi connectivity index (χ0) is 24.8. The van der Waals surface area contributed by atoms with Crippen LogP contribution in [0, 0.1) is 11.6 Å². The second kappa shape index (κ2) is 11.1. The number of nitrogens with one attached hydrogen (secondary N) is 1. The summed E-state index contributed by atoms with van der Waals surface area (Å²) in [4.78, 5) is 27.2. The average Bonchev–Trinajstić information content (AvgIpc) is 3.54. The Hall–Kier alpha value is -3.75. The smallest absolute Gasteiger partial charge is 0.273 e. The predicted octanol–water partition coefficient (Wildman–Crippen LogP) is 4.52. The van der Waals surface area contributed by atoms with Gasteiger partial charge in [0.1, 0.15) is 17.4 Å². The van der Waals surface area contributed by atoms with Gasteiger partial charge in [0.25, 0.3) is 11.8 Å². The highest BCUT2D eigenvalue weighted by Gasteiger charge is 2.29. The Labute approximate surface area is 202 Å². The number of rotatable bonds is 9. The van der Waals surface area contributed by atoms with Gasteiger partial charge in [-0.1, -0.05) is 30.1 Å². The zero-order valence-corrected chi connectivity index (χ0v) is 19.4. The number of hydrogen-bond donors (Lipinski definition) is 1. The third-order valence-electron chi connectivity index (χ3n) is 6.11. The number of amides is 2. The second-order valence-corrected chi connectivity index (χ2v) is 8.56. The summed E-state index contributed by atoms with van der Waals surface area (Å²) in [6.07, 6.45) is 4.13. The first-order valence-electron chi connectivity index (χ1n) is 11.6. The molecule has 1 heterocycles. The first kappa shape index (κ1) is 24.4. The molecule has 4 rings (SSSR count). The Morgan fingerprint density at radius 2 is 1.77 bits per heavy atom. The summed E-state index contributed by atoms with van der Waals surface area (Å²) >= 11 is 0. The highest BCUT2D eigenvalue weighted by Crippen LogP contribution is 2.27. The van der Waals surface area contributed by atoms with Crippen molar-refractivity contribution in [3.63, 3.8) is 0 Å². The van der Waals surface area contributed by atoms with Gasteiger partial charge in [-0.15, -0.1) is 0 Å². The summed E-state index contributed by atoms with van der Waals surface area (Å²) < 4.78 is 37.9. The van der Waals surface area contributed by atoms with Crippen molar-refractivity contribution in [3.8, 4) is 5.75 Å². The second-order valence-electron chi connectivity index (χ2n) is 8.56. The monoisotopic (exact) mass is 483 g/mol. The number of benzene rings is 2. The minimum Gasteiger partial charge on any atom is -0.497 e. The van der Waals surface area contributed by atoms with E-state index >= 15 is 0 Å². The van der Waals surface area contributed by atoms with Gasteiger partial charge in [0, 0.05) is 30.3 Å². The Morgan fingerprint density at radius 3 is 2.43 bits per heavy atom. The number of carbonyl (C=O) groups excluding carboxylic acids is 2. The predicted molar refractivity (Wildman–Crippen MR) is 124 cm³/mol. The van der Waals surface area contributed by atoms with Crippen LogP contribution in [0.3, 0.4) is 0 Å². The van der Waals surface area contributed by atoms with Crippen LogP contribution >= 0.6 is 0 Å². The third kappa shape index (κ3) is 6.23. The van der Waals surface area contributed by atoms with Gasteiger partial charge in [-0.2, -0.15) is 0 Å². The molecule has 0 radical (unpaired) electrons. The van der Waals surface area contributed by atoms with Crippen molar-refractivity contribution in [1.82, 2.24) is 15.4 Å². The fourth-order valence-corrected chi connectivity index (χ4v) is 4.29. The molecule has 2 aromatic carbocycles. The van der Waals surface area contributed by atoms with Crippen molar-refractivity contribution < 1.29 is 27.6 Å². The molecule has 0 bridgehead atoms. The molecule has 0 spiro atoms. The molecule has 3 aromatic rings. The molecule has 184 valence electrons. The van der Waals surface area contributed by atoms with Crippen LogP contribution in [0.4, 0.5) is 8.78 Å². The third-order valence-corrected chi connectivity index (χ3v) is 6.11. The van der Waals surface area contributed by atoms with Crippen molar-refractivity contribution in [3.05, 3.63) is 82.7 Å². The lowest BCUT2D eigenvalue weighted by molar-refractivity contribution is 0.0642. The van der Waals surface area contributed by atoms with E-state index in [1.165, 1.54) is 6.07 Å². The first-order valence-corrected chi connectivity index (χ1v) is 11.6. The van der Waals surface area contributed by atoms with Crippen molar-refractivity contribution in [2.45, 2.75) is 44.7 Å². The van der Waals surface area contributed by atoms with Gasteiger partial charge in [0.05, 0.1) is 13.7 Å². The summed E-state index contributed by atoms with van der Waals surface area (Å²) in [5.41, 5.74) is 1.09. The Morgan fingerprint density at radius 1 is 1.09 bits per heavy atom. The number of carbonyl (C=O) groups is 2. The minimum atomic E-state index is -0.812. The van der Waals surface area contributed by atoms with Gasteiger partial charge < -0.3 is 19.5 Å². The fraction of sp³-hybridized carbons (Fsp3) is 0.346. The highest BCUT2D eigenvalue weighted by atomic mass is 19.1. The molecule has 0 saturated heterocycles. The van der Waals surface area contributed by atoms with E-state index in [0.29, 0.717) is 18.7 Å². The van der Waals surface area contributed by atoms with Crippen LogP contribution in [0.5, 0.6) is 5.75 Å². The van der Waals surface area contributed by atoms with Crippen LogP contribution in [0.15, 0.2) is 53.1 Å². The molecule has 1 aliphatic rings. The maximum absolute atomic E-state index is 13.7. The van der Waals surface area contributed by atoms with Gasteiger partial charge in [-0.3, -0.25) is 9.59 Å². The molecule has 0 unspecified atom stereocenters. The van der Waals surface area contributed by atoms with E-state index < -0.39 is 17.5 Å². The van der Waals surface area contributed by atoms with E-state index in [0.717, 1.165) is 55.2 Å². The number of halogens is 2. The molecule has 1 fully saturated rings.